The van der Waals surface area contributed by atoms with Crippen molar-refractivity contribution < 1.29 is 4.79 Å². The minimum absolute atomic E-state index is 0.0978. The molecule has 0 aliphatic carbocycles. The van der Waals surface area contributed by atoms with Crippen molar-refractivity contribution in [3.05, 3.63) is 11.9 Å². The van der Waals surface area contributed by atoms with Gasteiger partial charge in [0.1, 0.15) is 0 Å². The maximum atomic E-state index is 11.4. The van der Waals surface area contributed by atoms with Gasteiger partial charge in [-0.15, -0.1) is 0 Å². The molecule has 1 aromatic rings. The van der Waals surface area contributed by atoms with Gasteiger partial charge in [0.25, 0.3) is 5.91 Å². The van der Waals surface area contributed by atoms with E-state index in [1.54, 1.807) is 0 Å². The molecule has 0 saturated heterocycles. The SMILES string of the molecule is CC(C)(CN)CNC(=O)c1cn[nH]n1. The molecule has 6 nitrogen and oxygen atoms in total. The van der Waals surface area contributed by atoms with Gasteiger partial charge in [-0.3, -0.25) is 4.79 Å². The number of nitrogens with two attached hydrogens (primary N) is 1. The zero-order valence-electron chi connectivity index (χ0n) is 8.37. The molecule has 1 aromatic heterocycles. The van der Waals surface area contributed by atoms with Crippen molar-refractivity contribution in [3.8, 4) is 0 Å². The quantitative estimate of drug-likeness (QED) is 0.607. The van der Waals surface area contributed by atoms with E-state index in [1.165, 1.54) is 6.20 Å². The van der Waals surface area contributed by atoms with E-state index < -0.39 is 0 Å². The van der Waals surface area contributed by atoms with Crippen LogP contribution in [0.15, 0.2) is 6.20 Å². The summed E-state index contributed by atoms with van der Waals surface area (Å²) in [5.74, 6) is -0.236. The van der Waals surface area contributed by atoms with Gasteiger partial charge >= 0.3 is 0 Å². The second-order valence-corrected chi connectivity index (χ2v) is 3.91. The number of aromatic nitrogens is 3. The lowest BCUT2D eigenvalue weighted by molar-refractivity contribution is 0.0933. The van der Waals surface area contributed by atoms with Crippen molar-refractivity contribution in [2.24, 2.45) is 11.1 Å². The second kappa shape index (κ2) is 4.19. The number of hydrogen-bond acceptors (Lipinski definition) is 4. The number of carbonyl (C=O) groups excluding carboxylic acids is 1. The Bertz CT molecular complexity index is 293. The van der Waals surface area contributed by atoms with E-state index >= 15 is 0 Å². The molecular formula is C8H15N5O. The lowest BCUT2D eigenvalue weighted by Crippen LogP contribution is -2.38. The molecule has 0 unspecified atom stereocenters. The number of nitrogens with one attached hydrogen (secondary N) is 2. The molecule has 0 bridgehead atoms. The highest BCUT2D eigenvalue weighted by atomic mass is 16.1. The summed E-state index contributed by atoms with van der Waals surface area (Å²) in [6.45, 7) is 5.01. The third-order valence-electron chi connectivity index (χ3n) is 1.93. The Morgan fingerprint density at radius 1 is 1.71 bits per heavy atom. The molecule has 0 atom stereocenters. The number of amides is 1. The average Bonchev–Trinajstić information content (AvgIpc) is 2.67. The fourth-order valence-corrected chi connectivity index (χ4v) is 0.793. The maximum absolute atomic E-state index is 11.4. The number of carbonyl (C=O) groups is 1. The monoisotopic (exact) mass is 197 g/mol. The summed E-state index contributed by atoms with van der Waals surface area (Å²) in [7, 11) is 0. The van der Waals surface area contributed by atoms with Gasteiger partial charge in [0.05, 0.1) is 6.20 Å². The minimum Gasteiger partial charge on any atom is -0.350 e. The standard InChI is InChI=1S/C8H15N5O/c1-8(2,4-9)5-10-7(14)6-3-11-13-12-6/h3H,4-5,9H2,1-2H3,(H,10,14)(H,11,12,13). The van der Waals surface area contributed by atoms with E-state index in [2.05, 4.69) is 20.7 Å². The van der Waals surface area contributed by atoms with Crippen LogP contribution in [-0.4, -0.2) is 34.4 Å². The van der Waals surface area contributed by atoms with Gasteiger partial charge in [0.15, 0.2) is 5.69 Å². The molecule has 0 radical (unpaired) electrons. The van der Waals surface area contributed by atoms with E-state index in [9.17, 15) is 4.79 Å². The normalized spacial score (nSPS) is 11.4. The average molecular weight is 197 g/mol. The van der Waals surface area contributed by atoms with Crippen molar-refractivity contribution in [3.63, 3.8) is 0 Å². The zero-order valence-corrected chi connectivity index (χ0v) is 8.37. The highest BCUT2D eigenvalue weighted by molar-refractivity contribution is 5.91. The van der Waals surface area contributed by atoms with Gasteiger partial charge in [-0.05, 0) is 12.0 Å². The summed E-state index contributed by atoms with van der Waals surface area (Å²) in [5, 5.41) is 12.3. The first kappa shape index (κ1) is 10.6. The van der Waals surface area contributed by atoms with E-state index in [0.717, 1.165) is 0 Å². The van der Waals surface area contributed by atoms with Crippen LogP contribution in [0.4, 0.5) is 0 Å². The predicted molar refractivity (Wildman–Crippen MR) is 51.6 cm³/mol. The largest absolute Gasteiger partial charge is 0.350 e. The van der Waals surface area contributed by atoms with Crippen molar-refractivity contribution in [2.45, 2.75) is 13.8 Å². The summed E-state index contributed by atoms with van der Waals surface area (Å²) >= 11 is 0. The van der Waals surface area contributed by atoms with E-state index in [1.807, 2.05) is 13.8 Å². The van der Waals surface area contributed by atoms with Crippen LogP contribution < -0.4 is 11.1 Å². The topological polar surface area (TPSA) is 96.7 Å². The van der Waals surface area contributed by atoms with Crippen molar-refractivity contribution >= 4 is 5.91 Å². The van der Waals surface area contributed by atoms with Gasteiger partial charge in [0.2, 0.25) is 0 Å². The van der Waals surface area contributed by atoms with Gasteiger partial charge in [-0.25, -0.2) is 0 Å². The van der Waals surface area contributed by atoms with Crippen LogP contribution in [0.5, 0.6) is 0 Å². The number of H-pyrrole nitrogens is 1. The molecule has 0 saturated carbocycles. The third kappa shape index (κ3) is 2.81. The Kier molecular flexibility index (Phi) is 3.19. The molecule has 1 rings (SSSR count). The summed E-state index contributed by atoms with van der Waals surface area (Å²) in [6.07, 6.45) is 1.38. The summed E-state index contributed by atoms with van der Waals surface area (Å²) in [6, 6.07) is 0. The Morgan fingerprint density at radius 2 is 2.43 bits per heavy atom. The van der Waals surface area contributed by atoms with Crippen LogP contribution in [0, 0.1) is 5.41 Å². The number of hydrogen-bond donors (Lipinski definition) is 3. The molecule has 0 fully saturated rings. The van der Waals surface area contributed by atoms with Crippen molar-refractivity contribution in [1.82, 2.24) is 20.7 Å². The van der Waals surface area contributed by atoms with E-state index in [4.69, 9.17) is 5.73 Å². The highest BCUT2D eigenvalue weighted by Crippen LogP contribution is 2.10. The Morgan fingerprint density at radius 3 is 2.93 bits per heavy atom. The van der Waals surface area contributed by atoms with Crippen LogP contribution in [-0.2, 0) is 0 Å². The number of aromatic amines is 1. The molecule has 0 aromatic carbocycles. The first-order valence-corrected chi connectivity index (χ1v) is 4.39. The van der Waals surface area contributed by atoms with Gasteiger partial charge in [-0.1, -0.05) is 13.8 Å². The number of rotatable bonds is 4. The van der Waals surface area contributed by atoms with Crippen molar-refractivity contribution in [2.75, 3.05) is 13.1 Å². The van der Waals surface area contributed by atoms with Crippen molar-refractivity contribution in [1.29, 1.82) is 0 Å². The molecule has 1 amide bonds. The highest BCUT2D eigenvalue weighted by Gasteiger charge is 2.17. The molecule has 6 heteroatoms. The van der Waals surface area contributed by atoms with Gasteiger partial charge in [0, 0.05) is 6.54 Å². The maximum Gasteiger partial charge on any atom is 0.273 e. The summed E-state index contributed by atoms with van der Waals surface area (Å²) in [5.41, 5.74) is 5.72. The molecule has 0 aliphatic heterocycles. The lowest BCUT2D eigenvalue weighted by Gasteiger charge is -2.22. The minimum atomic E-state index is -0.236. The molecule has 14 heavy (non-hydrogen) atoms. The summed E-state index contributed by atoms with van der Waals surface area (Å²) < 4.78 is 0. The first-order chi connectivity index (χ1) is 6.55. The first-order valence-electron chi connectivity index (χ1n) is 4.39. The van der Waals surface area contributed by atoms with Crippen LogP contribution in [0.2, 0.25) is 0 Å². The lowest BCUT2D eigenvalue weighted by atomic mass is 9.94. The fraction of sp³-hybridized carbons (Fsp3) is 0.625. The molecule has 0 aliphatic rings. The fourth-order valence-electron chi connectivity index (χ4n) is 0.793. The Labute approximate surface area is 82.3 Å². The molecule has 1 heterocycles. The van der Waals surface area contributed by atoms with Gasteiger partial charge in [-0.2, -0.15) is 15.4 Å². The smallest absolute Gasteiger partial charge is 0.273 e. The summed E-state index contributed by atoms with van der Waals surface area (Å²) in [4.78, 5) is 11.4. The molecule has 78 valence electrons. The predicted octanol–water partition coefficient (Wildman–Crippen LogP) is -0.481. The Balaban J connectivity index is 2.43. The van der Waals surface area contributed by atoms with Gasteiger partial charge < -0.3 is 11.1 Å². The van der Waals surface area contributed by atoms with Crippen LogP contribution in [0.25, 0.3) is 0 Å². The van der Waals surface area contributed by atoms with E-state index in [0.29, 0.717) is 13.1 Å². The molecular weight excluding hydrogens is 182 g/mol. The second-order valence-electron chi connectivity index (χ2n) is 3.91. The van der Waals surface area contributed by atoms with E-state index in [-0.39, 0.29) is 17.0 Å². The molecule has 4 N–H and O–H groups in total. The zero-order chi connectivity index (χ0) is 10.6. The van der Waals surface area contributed by atoms with Crippen LogP contribution in [0.3, 0.4) is 0 Å². The molecule has 0 spiro atoms. The number of nitrogens with zero attached hydrogens (tertiary/aromatic N) is 2. The Hall–Kier alpha value is -1.43. The van der Waals surface area contributed by atoms with Crippen LogP contribution >= 0.6 is 0 Å². The van der Waals surface area contributed by atoms with Crippen LogP contribution in [0.1, 0.15) is 24.3 Å². The third-order valence-corrected chi connectivity index (χ3v) is 1.93.